The quantitative estimate of drug-likeness (QED) is 0.656. The van der Waals surface area contributed by atoms with Crippen molar-refractivity contribution in [1.29, 1.82) is 0 Å². The van der Waals surface area contributed by atoms with E-state index in [1.165, 1.54) is 6.08 Å². The molecule has 1 saturated heterocycles. The number of ether oxygens (including phenoxy) is 1. The Bertz CT molecular complexity index is 419. The minimum absolute atomic E-state index is 0.261. The summed E-state index contributed by atoms with van der Waals surface area (Å²) < 4.78 is 5.74. The summed E-state index contributed by atoms with van der Waals surface area (Å²) in [6.07, 6.45) is 4.83. The van der Waals surface area contributed by atoms with E-state index < -0.39 is 5.60 Å². The number of benzene rings is 1. The maximum atomic E-state index is 11.8. The van der Waals surface area contributed by atoms with Crippen LogP contribution in [0.1, 0.15) is 25.3 Å². The Morgan fingerprint density at radius 3 is 2.56 bits per heavy atom. The minimum atomic E-state index is -0.469. The molecule has 3 nitrogen and oxygen atoms in total. The van der Waals surface area contributed by atoms with E-state index in [1.54, 1.807) is 6.08 Å². The molecule has 0 unspecified atom stereocenters. The fourth-order valence-corrected chi connectivity index (χ4v) is 2.38. The zero-order chi connectivity index (χ0) is 12.8. The highest BCUT2D eigenvalue weighted by atomic mass is 16.6. The van der Waals surface area contributed by atoms with Crippen molar-refractivity contribution in [3.05, 3.63) is 48.0 Å². The molecule has 0 saturated carbocycles. The maximum Gasteiger partial charge on any atom is 0.331 e. The van der Waals surface area contributed by atoms with Gasteiger partial charge in [0, 0.05) is 18.9 Å². The largest absolute Gasteiger partial charge is 0.451 e. The molecule has 0 radical (unpaired) electrons. The second-order valence-corrected chi connectivity index (χ2v) is 4.53. The Labute approximate surface area is 108 Å². The van der Waals surface area contributed by atoms with Crippen LogP contribution in [0.25, 0.3) is 0 Å². The molecule has 1 fully saturated rings. The number of hydrogen-bond donors (Lipinski definition) is 1. The van der Waals surface area contributed by atoms with E-state index in [0.29, 0.717) is 0 Å². The predicted octanol–water partition coefficient (Wildman–Crippen LogP) is 2.38. The first-order chi connectivity index (χ1) is 8.77. The van der Waals surface area contributed by atoms with E-state index in [-0.39, 0.29) is 5.97 Å². The van der Waals surface area contributed by atoms with Gasteiger partial charge < -0.3 is 10.1 Å². The molecule has 2 rings (SSSR count). The number of allylic oxidation sites excluding steroid dienone is 1. The highest BCUT2D eigenvalue weighted by Crippen LogP contribution is 2.34. The van der Waals surface area contributed by atoms with Crippen molar-refractivity contribution >= 4 is 5.97 Å². The van der Waals surface area contributed by atoms with Gasteiger partial charge in [-0.15, -0.1) is 0 Å². The maximum absolute atomic E-state index is 11.8. The van der Waals surface area contributed by atoms with Gasteiger partial charge in [0.15, 0.2) is 0 Å². The van der Waals surface area contributed by atoms with E-state index in [0.717, 1.165) is 31.5 Å². The van der Waals surface area contributed by atoms with Crippen molar-refractivity contribution in [3.8, 4) is 0 Å². The van der Waals surface area contributed by atoms with Crippen LogP contribution in [-0.4, -0.2) is 19.1 Å². The summed E-state index contributed by atoms with van der Waals surface area (Å²) in [6.45, 7) is 3.56. The molecule has 1 aromatic carbocycles. The van der Waals surface area contributed by atoms with Gasteiger partial charge in [0.05, 0.1) is 0 Å². The van der Waals surface area contributed by atoms with E-state index in [2.05, 4.69) is 5.32 Å². The van der Waals surface area contributed by atoms with E-state index in [1.807, 2.05) is 37.3 Å². The highest BCUT2D eigenvalue weighted by molar-refractivity contribution is 5.82. The third-order valence-corrected chi connectivity index (χ3v) is 3.31. The molecule has 1 aliphatic heterocycles. The van der Waals surface area contributed by atoms with Crippen molar-refractivity contribution < 1.29 is 9.53 Å². The Hall–Kier alpha value is -1.61. The number of piperidine rings is 1. The van der Waals surface area contributed by atoms with Crippen LogP contribution in [0.2, 0.25) is 0 Å². The van der Waals surface area contributed by atoms with Crippen LogP contribution in [0.15, 0.2) is 42.5 Å². The van der Waals surface area contributed by atoms with Gasteiger partial charge in [-0.2, -0.15) is 0 Å². The number of hydrogen-bond acceptors (Lipinski definition) is 3. The Balaban J connectivity index is 2.26. The summed E-state index contributed by atoms with van der Waals surface area (Å²) in [6, 6.07) is 10.0. The SMILES string of the molecule is C/C=C\C(=O)OC1(c2ccccc2)CCNCC1. The van der Waals surface area contributed by atoms with E-state index in [9.17, 15) is 4.79 Å². The molecular formula is C15H19NO2. The van der Waals surface area contributed by atoms with Crippen molar-refractivity contribution in [1.82, 2.24) is 5.32 Å². The van der Waals surface area contributed by atoms with Crippen molar-refractivity contribution in [2.24, 2.45) is 0 Å². The number of nitrogens with one attached hydrogen (secondary N) is 1. The molecule has 1 aromatic rings. The van der Waals surface area contributed by atoms with Crippen LogP contribution >= 0.6 is 0 Å². The second kappa shape index (κ2) is 5.83. The third-order valence-electron chi connectivity index (χ3n) is 3.31. The van der Waals surface area contributed by atoms with E-state index in [4.69, 9.17) is 4.74 Å². The predicted molar refractivity (Wildman–Crippen MR) is 71.1 cm³/mol. The van der Waals surface area contributed by atoms with Gasteiger partial charge in [0.25, 0.3) is 0 Å². The fourth-order valence-electron chi connectivity index (χ4n) is 2.38. The lowest BCUT2D eigenvalue weighted by Crippen LogP contribution is -2.42. The summed E-state index contributed by atoms with van der Waals surface area (Å²) in [5, 5.41) is 3.31. The first kappa shape index (κ1) is 12.8. The van der Waals surface area contributed by atoms with Crippen LogP contribution < -0.4 is 5.32 Å². The number of rotatable bonds is 3. The monoisotopic (exact) mass is 245 g/mol. The lowest BCUT2D eigenvalue weighted by molar-refractivity contribution is -0.157. The summed E-state index contributed by atoms with van der Waals surface area (Å²) in [7, 11) is 0. The van der Waals surface area contributed by atoms with Crippen molar-refractivity contribution in [2.45, 2.75) is 25.4 Å². The van der Waals surface area contributed by atoms with Gasteiger partial charge in [-0.1, -0.05) is 36.4 Å². The van der Waals surface area contributed by atoms with Crippen LogP contribution in [0, 0.1) is 0 Å². The molecule has 0 aliphatic carbocycles. The number of carbonyl (C=O) groups excluding carboxylic acids is 1. The molecule has 0 bridgehead atoms. The molecular weight excluding hydrogens is 226 g/mol. The van der Waals surface area contributed by atoms with Gasteiger partial charge in [-0.3, -0.25) is 0 Å². The first-order valence-corrected chi connectivity index (χ1v) is 6.39. The zero-order valence-corrected chi connectivity index (χ0v) is 10.7. The van der Waals surface area contributed by atoms with Crippen LogP contribution in [-0.2, 0) is 15.1 Å². The van der Waals surface area contributed by atoms with Gasteiger partial charge in [0.2, 0.25) is 0 Å². The average molecular weight is 245 g/mol. The summed E-state index contributed by atoms with van der Waals surface area (Å²) in [5.74, 6) is -0.261. The van der Waals surface area contributed by atoms with Crippen molar-refractivity contribution in [2.75, 3.05) is 13.1 Å². The Morgan fingerprint density at radius 2 is 1.94 bits per heavy atom. The van der Waals surface area contributed by atoms with Crippen LogP contribution in [0.4, 0.5) is 0 Å². The Kier molecular flexibility index (Phi) is 4.15. The molecule has 1 heterocycles. The van der Waals surface area contributed by atoms with Gasteiger partial charge in [-0.05, 0) is 25.6 Å². The fraction of sp³-hybridized carbons (Fsp3) is 0.400. The molecule has 3 heteroatoms. The van der Waals surface area contributed by atoms with Gasteiger partial charge in [0.1, 0.15) is 5.60 Å². The van der Waals surface area contributed by atoms with Crippen molar-refractivity contribution in [3.63, 3.8) is 0 Å². The van der Waals surface area contributed by atoms with Gasteiger partial charge in [-0.25, -0.2) is 4.79 Å². The van der Waals surface area contributed by atoms with E-state index >= 15 is 0 Å². The smallest absolute Gasteiger partial charge is 0.331 e. The third kappa shape index (κ3) is 2.79. The summed E-state index contributed by atoms with van der Waals surface area (Å²) >= 11 is 0. The first-order valence-electron chi connectivity index (χ1n) is 6.39. The molecule has 1 aliphatic rings. The summed E-state index contributed by atoms with van der Waals surface area (Å²) in [5.41, 5.74) is 0.618. The highest BCUT2D eigenvalue weighted by Gasteiger charge is 2.37. The lowest BCUT2D eigenvalue weighted by Gasteiger charge is -2.37. The Morgan fingerprint density at radius 1 is 1.28 bits per heavy atom. The lowest BCUT2D eigenvalue weighted by atomic mass is 9.85. The van der Waals surface area contributed by atoms with Crippen LogP contribution in [0.5, 0.6) is 0 Å². The molecule has 0 atom stereocenters. The topological polar surface area (TPSA) is 38.3 Å². The molecule has 0 amide bonds. The summed E-state index contributed by atoms with van der Waals surface area (Å²) in [4.78, 5) is 11.8. The molecule has 0 aromatic heterocycles. The molecule has 96 valence electrons. The molecule has 1 N–H and O–H groups in total. The number of carbonyl (C=O) groups is 1. The van der Waals surface area contributed by atoms with Crippen LogP contribution in [0.3, 0.4) is 0 Å². The zero-order valence-electron chi connectivity index (χ0n) is 10.7. The second-order valence-electron chi connectivity index (χ2n) is 4.53. The normalized spacial score (nSPS) is 18.7. The van der Waals surface area contributed by atoms with Gasteiger partial charge >= 0.3 is 5.97 Å². The molecule has 0 spiro atoms. The minimum Gasteiger partial charge on any atom is -0.451 e. The average Bonchev–Trinajstić information content (AvgIpc) is 2.41. The molecule has 18 heavy (non-hydrogen) atoms. The number of esters is 1. The standard InChI is InChI=1S/C15H19NO2/c1-2-6-14(17)18-15(9-11-16-12-10-15)13-7-4-3-5-8-13/h2-8,16H,9-12H2,1H3/b6-2-.